The summed E-state index contributed by atoms with van der Waals surface area (Å²) in [5, 5.41) is 2.74. The van der Waals surface area contributed by atoms with E-state index in [2.05, 4.69) is 36.4 Å². The molecule has 1 heteroatoms. The van der Waals surface area contributed by atoms with Crippen LogP contribution in [0.15, 0.2) is 36.4 Å². The van der Waals surface area contributed by atoms with Crippen LogP contribution in [-0.2, 0) is 0 Å². The normalized spacial score (nSPS) is 26.5. The number of fused-ring (bicyclic) bond motifs is 5. The molecule has 1 aliphatic heterocycles. The van der Waals surface area contributed by atoms with Gasteiger partial charge in [-0.3, -0.25) is 0 Å². The lowest BCUT2D eigenvalue weighted by atomic mass is 9.92. The highest BCUT2D eigenvalue weighted by Crippen LogP contribution is 2.49. The van der Waals surface area contributed by atoms with Crippen LogP contribution in [0.3, 0.4) is 0 Å². The summed E-state index contributed by atoms with van der Waals surface area (Å²) in [6, 6.07) is 13.0. The zero-order valence-electron chi connectivity index (χ0n) is 9.15. The van der Waals surface area contributed by atoms with Crippen LogP contribution in [0.1, 0.15) is 30.7 Å². The van der Waals surface area contributed by atoms with Gasteiger partial charge in [-0.15, -0.1) is 0 Å². The van der Waals surface area contributed by atoms with E-state index in [1.165, 1.54) is 35.6 Å². The first kappa shape index (κ1) is 8.63. The molecular formula is C15H14O. The van der Waals surface area contributed by atoms with Crippen LogP contribution in [0.4, 0.5) is 0 Å². The van der Waals surface area contributed by atoms with Crippen LogP contribution in [0.5, 0.6) is 5.75 Å². The molecule has 0 aromatic heterocycles. The lowest BCUT2D eigenvalue weighted by Gasteiger charge is -2.08. The standard InChI is InChI=1S/C15H14O/c1-2-5-11-10(4-1)8-9-14-15(11)12-6-3-7-13(12)16-14/h1-2,4-5,8-9,12-13H,3,6-7H2/t12-,13+/m0/s1. The third kappa shape index (κ3) is 1.01. The van der Waals surface area contributed by atoms with E-state index in [0.29, 0.717) is 12.0 Å². The quantitative estimate of drug-likeness (QED) is 0.641. The third-order valence-corrected chi connectivity index (χ3v) is 4.03. The molecule has 0 spiro atoms. The molecule has 1 nitrogen and oxygen atoms in total. The first-order chi connectivity index (χ1) is 7.93. The molecule has 1 heterocycles. The van der Waals surface area contributed by atoms with Gasteiger partial charge in [-0.05, 0) is 36.1 Å². The lowest BCUT2D eigenvalue weighted by Crippen LogP contribution is -2.10. The Balaban J connectivity index is 2.03. The fraction of sp³-hybridized carbons (Fsp3) is 0.333. The Morgan fingerprint density at radius 2 is 1.94 bits per heavy atom. The van der Waals surface area contributed by atoms with Crippen LogP contribution >= 0.6 is 0 Å². The Morgan fingerprint density at radius 1 is 1.00 bits per heavy atom. The minimum Gasteiger partial charge on any atom is -0.489 e. The van der Waals surface area contributed by atoms with Crippen molar-refractivity contribution in [3.05, 3.63) is 42.0 Å². The smallest absolute Gasteiger partial charge is 0.124 e. The van der Waals surface area contributed by atoms with Crippen LogP contribution in [0.25, 0.3) is 10.8 Å². The van der Waals surface area contributed by atoms with Gasteiger partial charge in [0.05, 0.1) is 0 Å². The third-order valence-electron chi connectivity index (χ3n) is 4.03. The molecule has 1 aliphatic carbocycles. The number of benzene rings is 2. The molecule has 2 aliphatic rings. The SMILES string of the molecule is c1ccc2c3c(ccc2c1)O[C@@H]1CCC[C@H]31. The molecular weight excluding hydrogens is 196 g/mol. The number of ether oxygens (including phenoxy) is 1. The van der Waals surface area contributed by atoms with Gasteiger partial charge in [-0.2, -0.15) is 0 Å². The van der Waals surface area contributed by atoms with Gasteiger partial charge in [-0.25, -0.2) is 0 Å². The predicted octanol–water partition coefficient (Wildman–Crippen LogP) is 3.87. The minimum absolute atomic E-state index is 0.459. The zero-order valence-corrected chi connectivity index (χ0v) is 9.15. The molecule has 2 aromatic carbocycles. The van der Waals surface area contributed by atoms with Crippen molar-refractivity contribution < 1.29 is 4.74 Å². The van der Waals surface area contributed by atoms with Crippen LogP contribution in [0.2, 0.25) is 0 Å². The van der Waals surface area contributed by atoms with E-state index in [-0.39, 0.29) is 0 Å². The number of hydrogen-bond acceptors (Lipinski definition) is 1. The molecule has 2 atom stereocenters. The van der Waals surface area contributed by atoms with E-state index >= 15 is 0 Å². The molecule has 1 fully saturated rings. The average molecular weight is 210 g/mol. The minimum atomic E-state index is 0.459. The molecule has 0 saturated heterocycles. The first-order valence-corrected chi connectivity index (χ1v) is 6.12. The maximum atomic E-state index is 6.04. The van der Waals surface area contributed by atoms with Gasteiger partial charge < -0.3 is 4.74 Å². The largest absolute Gasteiger partial charge is 0.489 e. The molecule has 0 unspecified atom stereocenters. The second-order valence-electron chi connectivity index (χ2n) is 4.89. The van der Waals surface area contributed by atoms with E-state index < -0.39 is 0 Å². The van der Waals surface area contributed by atoms with Gasteiger partial charge in [0, 0.05) is 11.5 Å². The molecule has 0 N–H and O–H groups in total. The second kappa shape index (κ2) is 3.00. The Bertz CT molecular complexity index is 558. The van der Waals surface area contributed by atoms with E-state index in [4.69, 9.17) is 4.74 Å². The Morgan fingerprint density at radius 3 is 2.94 bits per heavy atom. The van der Waals surface area contributed by atoms with Crippen molar-refractivity contribution in [1.82, 2.24) is 0 Å². The Labute approximate surface area is 95.0 Å². The van der Waals surface area contributed by atoms with Crippen LogP contribution in [0, 0.1) is 0 Å². The summed E-state index contributed by atoms with van der Waals surface area (Å²) in [5.41, 5.74) is 1.47. The summed E-state index contributed by atoms with van der Waals surface area (Å²) in [4.78, 5) is 0. The van der Waals surface area contributed by atoms with E-state index in [9.17, 15) is 0 Å². The summed E-state index contributed by atoms with van der Waals surface area (Å²) < 4.78 is 6.04. The molecule has 80 valence electrons. The van der Waals surface area contributed by atoms with E-state index in [1.807, 2.05) is 0 Å². The molecule has 1 saturated carbocycles. The van der Waals surface area contributed by atoms with Crippen LogP contribution < -0.4 is 4.74 Å². The highest BCUT2D eigenvalue weighted by atomic mass is 16.5. The lowest BCUT2D eigenvalue weighted by molar-refractivity contribution is 0.225. The van der Waals surface area contributed by atoms with Crippen molar-refractivity contribution >= 4 is 10.8 Å². The molecule has 0 radical (unpaired) electrons. The van der Waals surface area contributed by atoms with Gasteiger partial charge in [-0.1, -0.05) is 30.3 Å². The first-order valence-electron chi connectivity index (χ1n) is 6.12. The Kier molecular flexibility index (Phi) is 1.62. The topological polar surface area (TPSA) is 9.23 Å². The van der Waals surface area contributed by atoms with E-state index in [0.717, 1.165) is 5.75 Å². The van der Waals surface area contributed by atoms with Crippen LogP contribution in [-0.4, -0.2) is 6.10 Å². The van der Waals surface area contributed by atoms with Crippen molar-refractivity contribution in [3.8, 4) is 5.75 Å². The average Bonchev–Trinajstić information content (AvgIpc) is 2.88. The van der Waals surface area contributed by atoms with Gasteiger partial charge in [0.25, 0.3) is 0 Å². The summed E-state index contributed by atoms with van der Waals surface area (Å²) in [6.45, 7) is 0. The summed E-state index contributed by atoms with van der Waals surface area (Å²) in [6.07, 6.45) is 4.30. The number of hydrogen-bond donors (Lipinski definition) is 0. The van der Waals surface area contributed by atoms with Gasteiger partial charge >= 0.3 is 0 Å². The van der Waals surface area contributed by atoms with Crippen molar-refractivity contribution in [2.75, 3.05) is 0 Å². The molecule has 2 aromatic rings. The summed E-state index contributed by atoms with van der Waals surface area (Å²) >= 11 is 0. The maximum absolute atomic E-state index is 6.04. The van der Waals surface area contributed by atoms with Crippen molar-refractivity contribution in [3.63, 3.8) is 0 Å². The zero-order chi connectivity index (χ0) is 10.5. The van der Waals surface area contributed by atoms with Crippen molar-refractivity contribution in [2.24, 2.45) is 0 Å². The highest BCUT2D eigenvalue weighted by molar-refractivity contribution is 5.89. The fourth-order valence-electron chi connectivity index (χ4n) is 3.32. The predicted molar refractivity (Wildman–Crippen MR) is 65.0 cm³/mol. The monoisotopic (exact) mass is 210 g/mol. The van der Waals surface area contributed by atoms with E-state index in [1.54, 1.807) is 0 Å². The highest BCUT2D eigenvalue weighted by Gasteiger charge is 2.38. The molecule has 4 rings (SSSR count). The van der Waals surface area contributed by atoms with Gasteiger partial charge in [0.15, 0.2) is 0 Å². The number of rotatable bonds is 0. The summed E-state index contributed by atoms with van der Waals surface area (Å²) in [5.74, 6) is 1.79. The second-order valence-corrected chi connectivity index (χ2v) is 4.89. The molecule has 0 bridgehead atoms. The summed E-state index contributed by atoms with van der Waals surface area (Å²) in [7, 11) is 0. The molecule has 16 heavy (non-hydrogen) atoms. The maximum Gasteiger partial charge on any atom is 0.124 e. The van der Waals surface area contributed by atoms with Gasteiger partial charge in [0.1, 0.15) is 11.9 Å². The fourth-order valence-corrected chi connectivity index (χ4v) is 3.32. The van der Waals surface area contributed by atoms with Gasteiger partial charge in [0.2, 0.25) is 0 Å². The Hall–Kier alpha value is -1.50. The van der Waals surface area contributed by atoms with Crippen molar-refractivity contribution in [2.45, 2.75) is 31.3 Å². The molecule has 0 amide bonds. The van der Waals surface area contributed by atoms with Crippen molar-refractivity contribution in [1.29, 1.82) is 0 Å².